The monoisotopic (exact) mass is 465 g/mol. The summed E-state index contributed by atoms with van der Waals surface area (Å²) in [7, 11) is 1.55. The zero-order valence-electron chi connectivity index (χ0n) is 14.8. The summed E-state index contributed by atoms with van der Waals surface area (Å²) < 4.78 is 6.08. The molecular weight excluding hydrogens is 445 g/mol. The van der Waals surface area contributed by atoms with E-state index in [-0.39, 0.29) is 18.2 Å². The van der Waals surface area contributed by atoms with Crippen LogP contribution in [0.1, 0.15) is 29.3 Å². The quantitative estimate of drug-likeness (QED) is 0.388. The molecule has 0 heterocycles. The van der Waals surface area contributed by atoms with Crippen LogP contribution in [0.2, 0.25) is 0 Å². The van der Waals surface area contributed by atoms with E-state index in [4.69, 9.17) is 4.74 Å². The van der Waals surface area contributed by atoms with Crippen molar-refractivity contribution < 1.29 is 14.3 Å². The van der Waals surface area contributed by atoms with Crippen molar-refractivity contribution in [3.05, 3.63) is 57.2 Å². The fraction of sp³-hybridized carbons (Fsp3) is 0.211. The first kappa shape index (κ1) is 19.9. The summed E-state index contributed by atoms with van der Waals surface area (Å²) in [6.45, 7) is 3.62. The standard InChI is InChI=1S/C19H20IN3O3/c1-12-8-9-17(26-3)16(10-12)21-18(24)11-13(2)22-23-19(25)14-6-4-5-7-15(14)20/h4-10H,11H2,1-3H3,(H,21,24)(H,23,25). The van der Waals surface area contributed by atoms with E-state index < -0.39 is 0 Å². The highest BCUT2D eigenvalue weighted by Crippen LogP contribution is 2.25. The van der Waals surface area contributed by atoms with Gasteiger partial charge >= 0.3 is 0 Å². The van der Waals surface area contributed by atoms with E-state index in [0.29, 0.717) is 22.7 Å². The molecule has 0 bridgehead atoms. The lowest BCUT2D eigenvalue weighted by molar-refractivity contribution is -0.115. The Bertz CT molecular complexity index is 850. The molecule has 0 aliphatic heterocycles. The number of benzene rings is 2. The zero-order valence-corrected chi connectivity index (χ0v) is 17.0. The van der Waals surface area contributed by atoms with Gasteiger partial charge in [0.15, 0.2) is 0 Å². The van der Waals surface area contributed by atoms with Crippen LogP contribution in [-0.4, -0.2) is 24.6 Å². The average Bonchev–Trinajstić information content (AvgIpc) is 2.60. The lowest BCUT2D eigenvalue weighted by atomic mass is 10.2. The smallest absolute Gasteiger partial charge is 0.272 e. The molecule has 2 aromatic rings. The molecule has 7 heteroatoms. The van der Waals surface area contributed by atoms with Gasteiger partial charge in [0, 0.05) is 9.28 Å². The van der Waals surface area contributed by atoms with Crippen LogP contribution in [0.4, 0.5) is 5.69 Å². The molecule has 2 N–H and O–H groups in total. The van der Waals surface area contributed by atoms with Gasteiger partial charge in [-0.25, -0.2) is 5.43 Å². The van der Waals surface area contributed by atoms with E-state index in [1.54, 1.807) is 32.2 Å². The molecule has 0 atom stereocenters. The molecule has 0 aliphatic rings. The van der Waals surface area contributed by atoms with Crippen LogP contribution >= 0.6 is 22.6 Å². The minimum Gasteiger partial charge on any atom is -0.495 e. The molecule has 0 unspecified atom stereocenters. The van der Waals surface area contributed by atoms with Crippen molar-refractivity contribution in [1.82, 2.24) is 5.43 Å². The second-order valence-corrected chi connectivity index (χ2v) is 6.86. The fourth-order valence-electron chi connectivity index (χ4n) is 2.24. The van der Waals surface area contributed by atoms with Gasteiger partial charge in [-0.2, -0.15) is 5.10 Å². The minimum atomic E-state index is -0.310. The lowest BCUT2D eigenvalue weighted by Crippen LogP contribution is -2.22. The molecule has 0 aliphatic carbocycles. The van der Waals surface area contributed by atoms with Gasteiger partial charge in [0.05, 0.1) is 24.8 Å². The van der Waals surface area contributed by atoms with Crippen LogP contribution in [0, 0.1) is 10.5 Å². The number of amides is 2. The first-order valence-corrected chi connectivity index (χ1v) is 9.01. The Morgan fingerprint density at radius 2 is 1.92 bits per heavy atom. The van der Waals surface area contributed by atoms with Crippen molar-refractivity contribution in [3.8, 4) is 5.75 Å². The molecule has 0 radical (unpaired) electrons. The van der Waals surface area contributed by atoms with Gasteiger partial charge in [-0.15, -0.1) is 0 Å². The van der Waals surface area contributed by atoms with Crippen molar-refractivity contribution in [3.63, 3.8) is 0 Å². The third kappa shape index (κ3) is 5.55. The predicted molar refractivity (Wildman–Crippen MR) is 111 cm³/mol. The number of hydrogen-bond donors (Lipinski definition) is 2. The number of hydrazone groups is 1. The third-order valence-corrected chi connectivity index (χ3v) is 4.45. The van der Waals surface area contributed by atoms with Crippen LogP contribution in [0.3, 0.4) is 0 Å². The van der Waals surface area contributed by atoms with Crippen LogP contribution in [0.15, 0.2) is 47.6 Å². The maximum atomic E-state index is 12.2. The highest BCUT2D eigenvalue weighted by molar-refractivity contribution is 14.1. The van der Waals surface area contributed by atoms with Gasteiger partial charge in [-0.1, -0.05) is 18.2 Å². The average molecular weight is 465 g/mol. The molecule has 0 saturated carbocycles. The number of aryl methyl sites for hydroxylation is 1. The van der Waals surface area contributed by atoms with Crippen LogP contribution in [0.25, 0.3) is 0 Å². The summed E-state index contributed by atoms with van der Waals surface area (Å²) in [5.74, 6) is 0.0410. The first-order chi connectivity index (χ1) is 12.4. The van der Waals surface area contributed by atoms with Gasteiger partial charge < -0.3 is 10.1 Å². The largest absolute Gasteiger partial charge is 0.495 e. The highest BCUT2D eigenvalue weighted by Gasteiger charge is 2.11. The SMILES string of the molecule is COc1ccc(C)cc1NC(=O)CC(C)=NNC(=O)c1ccccc1I. The number of hydrogen-bond acceptors (Lipinski definition) is 4. The summed E-state index contributed by atoms with van der Waals surface area (Å²) in [4.78, 5) is 24.3. The Morgan fingerprint density at radius 1 is 1.19 bits per heavy atom. The number of carbonyl (C=O) groups excluding carboxylic acids is 2. The zero-order chi connectivity index (χ0) is 19.1. The van der Waals surface area contributed by atoms with Crippen LogP contribution < -0.4 is 15.5 Å². The number of methoxy groups -OCH3 is 1. The number of nitrogens with one attached hydrogen (secondary N) is 2. The van der Waals surface area contributed by atoms with Crippen molar-refractivity contribution in [1.29, 1.82) is 0 Å². The van der Waals surface area contributed by atoms with E-state index >= 15 is 0 Å². The van der Waals surface area contributed by atoms with E-state index in [2.05, 4.69) is 38.4 Å². The molecule has 26 heavy (non-hydrogen) atoms. The number of anilines is 1. The molecule has 0 aromatic heterocycles. The summed E-state index contributed by atoms with van der Waals surface area (Å²) >= 11 is 2.09. The molecule has 136 valence electrons. The fourth-order valence-corrected chi connectivity index (χ4v) is 2.87. The van der Waals surface area contributed by atoms with Gasteiger partial charge in [-0.3, -0.25) is 9.59 Å². The van der Waals surface area contributed by atoms with Crippen molar-refractivity contribution in [2.75, 3.05) is 12.4 Å². The second-order valence-electron chi connectivity index (χ2n) is 5.70. The van der Waals surface area contributed by atoms with Gasteiger partial charge in [-0.05, 0) is 66.3 Å². The van der Waals surface area contributed by atoms with E-state index in [9.17, 15) is 9.59 Å². The topological polar surface area (TPSA) is 79.8 Å². The molecule has 2 aromatic carbocycles. The molecule has 0 fully saturated rings. The number of ether oxygens (including phenoxy) is 1. The van der Waals surface area contributed by atoms with E-state index in [1.807, 2.05) is 31.2 Å². The summed E-state index contributed by atoms with van der Waals surface area (Å²) in [6, 6.07) is 12.7. The number of carbonyl (C=O) groups is 2. The molecule has 2 amide bonds. The van der Waals surface area contributed by atoms with Crippen molar-refractivity contribution in [2.24, 2.45) is 5.10 Å². The second kappa shape index (κ2) is 9.33. The predicted octanol–water partition coefficient (Wildman–Crippen LogP) is 3.74. The van der Waals surface area contributed by atoms with E-state index in [1.165, 1.54) is 0 Å². The highest BCUT2D eigenvalue weighted by atomic mass is 127. The van der Waals surface area contributed by atoms with Crippen LogP contribution in [-0.2, 0) is 4.79 Å². The van der Waals surface area contributed by atoms with Gasteiger partial charge in [0.1, 0.15) is 5.75 Å². The lowest BCUT2D eigenvalue weighted by Gasteiger charge is -2.11. The Labute approximate surface area is 166 Å². The first-order valence-electron chi connectivity index (χ1n) is 7.93. The normalized spacial score (nSPS) is 11.0. The van der Waals surface area contributed by atoms with Crippen molar-refractivity contribution in [2.45, 2.75) is 20.3 Å². The molecular formula is C19H20IN3O3. The maximum absolute atomic E-state index is 12.2. The Hall–Kier alpha value is -2.42. The minimum absolute atomic E-state index is 0.0588. The molecule has 0 saturated heterocycles. The number of nitrogens with zero attached hydrogens (tertiary/aromatic N) is 1. The summed E-state index contributed by atoms with van der Waals surface area (Å²) in [6.07, 6.45) is 0.0588. The van der Waals surface area contributed by atoms with Crippen molar-refractivity contribution >= 4 is 45.8 Å². The van der Waals surface area contributed by atoms with E-state index in [0.717, 1.165) is 9.13 Å². The Balaban J connectivity index is 1.96. The number of halogens is 1. The molecule has 6 nitrogen and oxygen atoms in total. The molecule has 0 spiro atoms. The third-order valence-electron chi connectivity index (χ3n) is 3.51. The van der Waals surface area contributed by atoms with Gasteiger partial charge in [0.2, 0.25) is 5.91 Å². The maximum Gasteiger partial charge on any atom is 0.272 e. The summed E-state index contributed by atoms with van der Waals surface area (Å²) in [5.41, 5.74) is 5.13. The number of rotatable bonds is 6. The van der Waals surface area contributed by atoms with Crippen LogP contribution in [0.5, 0.6) is 5.75 Å². The Kier molecular flexibility index (Phi) is 7.14. The molecule has 2 rings (SSSR count). The van der Waals surface area contributed by atoms with Gasteiger partial charge in [0.25, 0.3) is 5.91 Å². The Morgan fingerprint density at radius 3 is 2.62 bits per heavy atom. The summed E-state index contributed by atoms with van der Waals surface area (Å²) in [5, 5.41) is 6.81.